The maximum Gasteiger partial charge on any atom is 0.206 e. The molecule has 0 amide bonds. The fourth-order valence-corrected chi connectivity index (χ4v) is 5.18. The van der Waals surface area contributed by atoms with Gasteiger partial charge in [-0.2, -0.15) is 0 Å². The number of halogens is 1. The maximum atomic E-state index is 12.6. The van der Waals surface area contributed by atoms with E-state index in [4.69, 9.17) is 16.1 Å². The Labute approximate surface area is 109 Å². The molecule has 0 radical (unpaired) electrons. The minimum Gasteiger partial charge on any atom is -0.391 e. The second-order valence-electron chi connectivity index (χ2n) is 4.56. The Morgan fingerprint density at radius 3 is 2.88 bits per heavy atom. The molecule has 0 heterocycles. The van der Waals surface area contributed by atoms with Crippen LogP contribution < -0.4 is 0 Å². The third kappa shape index (κ3) is 5.56. The number of alkyl halides is 1. The third-order valence-electron chi connectivity index (χ3n) is 2.95. The lowest BCUT2D eigenvalue weighted by molar-refractivity contribution is 0.212. The fraction of sp³-hybridized carbons (Fsp3) is 0.833. The van der Waals surface area contributed by atoms with Gasteiger partial charge in [-0.3, -0.25) is 4.57 Å². The molecule has 0 bridgehead atoms. The molecule has 0 aromatic carbocycles. The lowest BCUT2D eigenvalue weighted by atomic mass is 9.96. The van der Waals surface area contributed by atoms with Crippen molar-refractivity contribution in [2.75, 3.05) is 24.8 Å². The molecule has 2 unspecified atom stereocenters. The number of rotatable bonds is 7. The van der Waals surface area contributed by atoms with Crippen LogP contribution in [0.3, 0.4) is 0 Å². The van der Waals surface area contributed by atoms with E-state index in [0.717, 1.165) is 19.3 Å². The molecule has 0 saturated carbocycles. The summed E-state index contributed by atoms with van der Waals surface area (Å²) in [6.07, 6.45) is 7.41. The SMILES string of the molecule is CCOP(=O)(CC1CC=CCC1)C[C@@H](O)CCl. The van der Waals surface area contributed by atoms with E-state index < -0.39 is 13.5 Å². The summed E-state index contributed by atoms with van der Waals surface area (Å²) >= 11 is 5.56. The summed E-state index contributed by atoms with van der Waals surface area (Å²) < 4.78 is 18.0. The fourth-order valence-electron chi connectivity index (χ4n) is 2.20. The Hall–Kier alpha value is 0.180. The zero-order chi connectivity index (χ0) is 12.7. The summed E-state index contributed by atoms with van der Waals surface area (Å²) in [6, 6.07) is 0. The van der Waals surface area contributed by atoms with Gasteiger partial charge in [-0.1, -0.05) is 12.2 Å². The molecule has 17 heavy (non-hydrogen) atoms. The van der Waals surface area contributed by atoms with Crippen molar-refractivity contribution in [1.82, 2.24) is 0 Å². The van der Waals surface area contributed by atoms with Gasteiger partial charge >= 0.3 is 0 Å². The van der Waals surface area contributed by atoms with Gasteiger partial charge in [0.2, 0.25) is 7.37 Å². The summed E-state index contributed by atoms with van der Waals surface area (Å²) in [4.78, 5) is 0. The van der Waals surface area contributed by atoms with Crippen molar-refractivity contribution in [3.63, 3.8) is 0 Å². The van der Waals surface area contributed by atoms with Crippen molar-refractivity contribution < 1.29 is 14.2 Å². The van der Waals surface area contributed by atoms with E-state index in [1.54, 1.807) is 0 Å². The lowest BCUT2D eigenvalue weighted by Crippen LogP contribution is -2.20. The van der Waals surface area contributed by atoms with Crippen LogP contribution in [0.2, 0.25) is 0 Å². The molecule has 5 heteroatoms. The summed E-state index contributed by atoms with van der Waals surface area (Å²) in [5.74, 6) is 0.529. The average molecular weight is 281 g/mol. The molecule has 3 nitrogen and oxygen atoms in total. The van der Waals surface area contributed by atoms with Crippen LogP contribution in [0.15, 0.2) is 12.2 Å². The minimum absolute atomic E-state index is 0.113. The number of aliphatic hydroxyl groups excluding tert-OH is 1. The molecule has 0 spiro atoms. The van der Waals surface area contributed by atoms with Crippen molar-refractivity contribution in [3.05, 3.63) is 12.2 Å². The van der Waals surface area contributed by atoms with Gasteiger partial charge in [-0.05, 0) is 32.1 Å². The highest BCUT2D eigenvalue weighted by atomic mass is 35.5. The zero-order valence-electron chi connectivity index (χ0n) is 10.3. The van der Waals surface area contributed by atoms with Gasteiger partial charge in [0.05, 0.1) is 18.9 Å². The highest BCUT2D eigenvalue weighted by Gasteiger charge is 2.29. The molecule has 1 N–H and O–H groups in total. The van der Waals surface area contributed by atoms with Crippen LogP contribution in [0, 0.1) is 5.92 Å². The molecule has 0 fully saturated rings. The van der Waals surface area contributed by atoms with Crippen LogP contribution in [-0.4, -0.2) is 36.0 Å². The van der Waals surface area contributed by atoms with E-state index in [2.05, 4.69) is 12.2 Å². The molecule has 0 aromatic rings. The van der Waals surface area contributed by atoms with Crippen molar-refractivity contribution in [2.45, 2.75) is 32.3 Å². The van der Waals surface area contributed by atoms with E-state index in [-0.39, 0.29) is 12.0 Å². The van der Waals surface area contributed by atoms with Crippen molar-refractivity contribution in [1.29, 1.82) is 0 Å². The highest BCUT2D eigenvalue weighted by Crippen LogP contribution is 2.50. The Morgan fingerprint density at radius 1 is 1.59 bits per heavy atom. The molecule has 3 atom stereocenters. The monoisotopic (exact) mass is 280 g/mol. The molecule has 1 rings (SSSR count). The Kier molecular flexibility index (Phi) is 6.79. The Balaban J connectivity index is 2.56. The topological polar surface area (TPSA) is 46.5 Å². The summed E-state index contributed by atoms with van der Waals surface area (Å²) in [5, 5.41) is 9.55. The first-order valence-corrected chi connectivity index (χ1v) is 8.74. The molecule has 0 aliphatic heterocycles. The van der Waals surface area contributed by atoms with Crippen molar-refractivity contribution in [2.24, 2.45) is 5.92 Å². The standard InChI is InChI=1S/C12H22ClO3P/c1-2-16-17(15,10-12(14)8-13)9-11-6-4-3-5-7-11/h3-4,11-12,14H,2,5-10H2,1H3/t11?,12-,17?/m0/s1. The predicted octanol–water partition coefficient (Wildman–Crippen LogP) is 3.26. The largest absolute Gasteiger partial charge is 0.391 e. The number of allylic oxidation sites excluding steroid dienone is 2. The van der Waals surface area contributed by atoms with Crippen LogP contribution in [0.25, 0.3) is 0 Å². The first-order chi connectivity index (χ1) is 8.09. The lowest BCUT2D eigenvalue weighted by Gasteiger charge is -2.25. The smallest absolute Gasteiger partial charge is 0.206 e. The van der Waals surface area contributed by atoms with Gasteiger partial charge in [0.15, 0.2) is 0 Å². The summed E-state index contributed by atoms with van der Waals surface area (Å²) in [7, 11) is -2.73. The Bertz CT molecular complexity index is 293. The van der Waals surface area contributed by atoms with Crippen LogP contribution in [0.4, 0.5) is 0 Å². The predicted molar refractivity (Wildman–Crippen MR) is 72.2 cm³/mol. The average Bonchev–Trinajstić information content (AvgIpc) is 2.30. The van der Waals surface area contributed by atoms with E-state index >= 15 is 0 Å². The normalized spacial score (nSPS) is 25.5. The summed E-state index contributed by atoms with van der Waals surface area (Å²) in [5.41, 5.74) is 0. The van der Waals surface area contributed by atoms with Crippen molar-refractivity contribution >= 4 is 19.0 Å². The molecular weight excluding hydrogens is 259 g/mol. The van der Waals surface area contributed by atoms with Gasteiger partial charge in [0.1, 0.15) is 0 Å². The first-order valence-electron chi connectivity index (χ1n) is 6.21. The van der Waals surface area contributed by atoms with Gasteiger partial charge in [-0.25, -0.2) is 0 Å². The third-order valence-corrected chi connectivity index (χ3v) is 6.08. The van der Waals surface area contributed by atoms with Crippen LogP contribution in [0.1, 0.15) is 26.2 Å². The number of hydrogen-bond acceptors (Lipinski definition) is 3. The number of hydrogen-bond donors (Lipinski definition) is 1. The van der Waals surface area contributed by atoms with Gasteiger partial charge in [0, 0.05) is 12.0 Å². The molecule has 0 aromatic heterocycles. The van der Waals surface area contributed by atoms with Gasteiger partial charge in [0.25, 0.3) is 0 Å². The molecule has 1 aliphatic carbocycles. The van der Waals surface area contributed by atoms with Crippen LogP contribution in [0.5, 0.6) is 0 Å². The number of aliphatic hydroxyl groups is 1. The second-order valence-corrected chi connectivity index (χ2v) is 7.48. The summed E-state index contributed by atoms with van der Waals surface area (Å²) in [6.45, 7) is 2.26. The first kappa shape index (κ1) is 15.2. The van der Waals surface area contributed by atoms with E-state index in [0.29, 0.717) is 18.7 Å². The molecular formula is C12H22ClO3P. The van der Waals surface area contributed by atoms with E-state index in [1.807, 2.05) is 6.92 Å². The van der Waals surface area contributed by atoms with Gasteiger partial charge < -0.3 is 9.63 Å². The molecule has 100 valence electrons. The van der Waals surface area contributed by atoms with E-state index in [1.165, 1.54) is 0 Å². The van der Waals surface area contributed by atoms with Crippen molar-refractivity contribution in [3.8, 4) is 0 Å². The maximum absolute atomic E-state index is 12.6. The highest BCUT2D eigenvalue weighted by molar-refractivity contribution is 7.59. The Morgan fingerprint density at radius 2 is 2.35 bits per heavy atom. The quantitative estimate of drug-likeness (QED) is 0.442. The van der Waals surface area contributed by atoms with Crippen LogP contribution in [-0.2, 0) is 9.09 Å². The van der Waals surface area contributed by atoms with Gasteiger partial charge in [-0.15, -0.1) is 11.6 Å². The second kappa shape index (κ2) is 7.58. The van der Waals surface area contributed by atoms with Crippen LogP contribution >= 0.6 is 19.0 Å². The minimum atomic E-state index is -2.73. The molecule has 0 saturated heterocycles. The zero-order valence-corrected chi connectivity index (χ0v) is 12.0. The molecule has 1 aliphatic rings. The van der Waals surface area contributed by atoms with E-state index in [9.17, 15) is 9.67 Å².